The minimum Gasteiger partial charge on any atom is -0.491 e. The van der Waals surface area contributed by atoms with Gasteiger partial charge in [-0.1, -0.05) is 12.1 Å². The Labute approximate surface area is 131 Å². The summed E-state index contributed by atoms with van der Waals surface area (Å²) in [6.45, 7) is 6.96. The molecule has 0 radical (unpaired) electrons. The van der Waals surface area contributed by atoms with E-state index in [4.69, 9.17) is 4.74 Å². The molecule has 0 aliphatic rings. The molecule has 0 saturated carbocycles. The van der Waals surface area contributed by atoms with Crippen molar-refractivity contribution in [1.29, 1.82) is 0 Å². The molecule has 1 heterocycles. The number of benzene rings is 1. The molecule has 2 aromatic rings. The lowest BCUT2D eigenvalue weighted by Gasteiger charge is -2.22. The fraction of sp³-hybridized carbons (Fsp3) is 0.471. The van der Waals surface area contributed by atoms with Crippen molar-refractivity contribution in [2.45, 2.75) is 39.0 Å². The highest BCUT2D eigenvalue weighted by Crippen LogP contribution is 2.19. The number of nitrogens with one attached hydrogen (secondary N) is 1. The largest absolute Gasteiger partial charge is 0.491 e. The van der Waals surface area contributed by atoms with Crippen molar-refractivity contribution in [3.05, 3.63) is 47.8 Å². The number of aryl methyl sites for hydroxylation is 1. The predicted molar refractivity (Wildman–Crippen MR) is 86.7 cm³/mol. The van der Waals surface area contributed by atoms with Gasteiger partial charge in [0.25, 0.3) is 0 Å². The van der Waals surface area contributed by atoms with Gasteiger partial charge < -0.3 is 15.2 Å². The molecule has 0 bridgehead atoms. The molecule has 2 rings (SSSR count). The molecule has 22 heavy (non-hydrogen) atoms. The molecule has 1 unspecified atom stereocenters. The van der Waals surface area contributed by atoms with Crippen LogP contribution in [0.4, 0.5) is 0 Å². The van der Waals surface area contributed by atoms with Crippen molar-refractivity contribution in [3.63, 3.8) is 0 Å². The van der Waals surface area contributed by atoms with E-state index >= 15 is 0 Å². The van der Waals surface area contributed by atoms with Gasteiger partial charge in [-0.2, -0.15) is 5.10 Å². The first-order valence-electron chi connectivity index (χ1n) is 7.54. The van der Waals surface area contributed by atoms with Crippen molar-refractivity contribution >= 4 is 0 Å². The SMILES string of the molecule is CC(C)Oc1ccc(CNCC(C)(O)c2cnn(C)c2)cc1. The second-order valence-electron chi connectivity index (χ2n) is 6.09. The molecule has 0 aliphatic heterocycles. The van der Waals surface area contributed by atoms with E-state index in [2.05, 4.69) is 10.4 Å². The highest BCUT2D eigenvalue weighted by molar-refractivity contribution is 5.27. The van der Waals surface area contributed by atoms with Crippen molar-refractivity contribution in [1.82, 2.24) is 15.1 Å². The zero-order valence-electron chi connectivity index (χ0n) is 13.7. The maximum absolute atomic E-state index is 10.5. The topological polar surface area (TPSA) is 59.3 Å². The fourth-order valence-corrected chi connectivity index (χ4v) is 2.21. The van der Waals surface area contributed by atoms with Gasteiger partial charge in [0.2, 0.25) is 0 Å². The number of hydrogen-bond acceptors (Lipinski definition) is 4. The second-order valence-corrected chi connectivity index (χ2v) is 6.09. The van der Waals surface area contributed by atoms with Crippen molar-refractivity contribution < 1.29 is 9.84 Å². The van der Waals surface area contributed by atoms with Crippen LogP contribution in [0.5, 0.6) is 5.75 Å². The number of aromatic nitrogens is 2. The van der Waals surface area contributed by atoms with Crippen LogP contribution in [0.15, 0.2) is 36.7 Å². The van der Waals surface area contributed by atoms with Crippen LogP contribution in [0.1, 0.15) is 31.9 Å². The Morgan fingerprint density at radius 3 is 2.55 bits per heavy atom. The van der Waals surface area contributed by atoms with Gasteiger partial charge in [-0.15, -0.1) is 0 Å². The first-order valence-corrected chi connectivity index (χ1v) is 7.54. The molecule has 5 nitrogen and oxygen atoms in total. The van der Waals surface area contributed by atoms with Gasteiger partial charge in [0.1, 0.15) is 11.4 Å². The molecular weight excluding hydrogens is 278 g/mol. The van der Waals surface area contributed by atoms with E-state index in [1.54, 1.807) is 17.8 Å². The zero-order chi connectivity index (χ0) is 16.2. The lowest BCUT2D eigenvalue weighted by molar-refractivity contribution is 0.0566. The molecule has 1 aromatic carbocycles. The first-order chi connectivity index (χ1) is 10.4. The molecule has 1 aromatic heterocycles. The Hall–Kier alpha value is -1.85. The van der Waals surface area contributed by atoms with E-state index in [0.717, 1.165) is 16.9 Å². The van der Waals surface area contributed by atoms with Gasteiger partial charge in [0.15, 0.2) is 0 Å². The standard InChI is InChI=1S/C17H25N3O2/c1-13(2)22-16-7-5-14(6-8-16)9-18-12-17(3,21)15-10-19-20(4)11-15/h5-8,10-11,13,18,21H,9,12H2,1-4H3. The Balaban J connectivity index is 1.85. The molecule has 5 heteroatoms. The normalized spacial score (nSPS) is 14.1. The summed E-state index contributed by atoms with van der Waals surface area (Å²) in [4.78, 5) is 0. The van der Waals surface area contributed by atoms with E-state index in [-0.39, 0.29) is 6.10 Å². The zero-order valence-corrected chi connectivity index (χ0v) is 13.7. The van der Waals surface area contributed by atoms with Gasteiger partial charge in [0, 0.05) is 31.9 Å². The van der Waals surface area contributed by atoms with Crippen molar-refractivity contribution in [3.8, 4) is 5.75 Å². The summed E-state index contributed by atoms with van der Waals surface area (Å²) < 4.78 is 7.31. The Morgan fingerprint density at radius 2 is 2.00 bits per heavy atom. The first kappa shape index (κ1) is 16.5. The molecule has 2 N–H and O–H groups in total. The van der Waals surface area contributed by atoms with Crippen LogP contribution in [0, 0.1) is 0 Å². The molecule has 1 atom stereocenters. The van der Waals surface area contributed by atoms with E-state index in [1.165, 1.54) is 0 Å². The quantitative estimate of drug-likeness (QED) is 0.823. The van der Waals surface area contributed by atoms with Crippen molar-refractivity contribution in [2.75, 3.05) is 6.54 Å². The third-order valence-electron chi connectivity index (χ3n) is 3.42. The van der Waals surface area contributed by atoms with Crippen LogP contribution in [0.3, 0.4) is 0 Å². The number of ether oxygens (including phenoxy) is 1. The highest BCUT2D eigenvalue weighted by atomic mass is 16.5. The Morgan fingerprint density at radius 1 is 1.32 bits per heavy atom. The Bertz CT molecular complexity index is 588. The summed E-state index contributed by atoms with van der Waals surface area (Å²) in [5.74, 6) is 0.876. The van der Waals surface area contributed by atoms with Crippen molar-refractivity contribution in [2.24, 2.45) is 7.05 Å². The molecule has 0 amide bonds. The summed E-state index contributed by atoms with van der Waals surface area (Å²) >= 11 is 0. The fourth-order valence-electron chi connectivity index (χ4n) is 2.21. The summed E-state index contributed by atoms with van der Waals surface area (Å²) in [6.07, 6.45) is 3.71. The molecule has 0 saturated heterocycles. The molecule has 0 spiro atoms. The number of aliphatic hydroxyl groups is 1. The summed E-state index contributed by atoms with van der Waals surface area (Å²) in [5.41, 5.74) is 1.02. The lowest BCUT2D eigenvalue weighted by atomic mass is 9.99. The van der Waals surface area contributed by atoms with Crippen LogP contribution < -0.4 is 10.1 Å². The third kappa shape index (κ3) is 4.58. The second kappa shape index (κ2) is 6.94. The highest BCUT2D eigenvalue weighted by Gasteiger charge is 2.24. The maximum atomic E-state index is 10.5. The smallest absolute Gasteiger partial charge is 0.119 e. The molecule has 0 aliphatic carbocycles. The average Bonchev–Trinajstić information content (AvgIpc) is 2.87. The number of nitrogens with zero attached hydrogens (tertiary/aromatic N) is 2. The summed E-state index contributed by atoms with van der Waals surface area (Å²) in [7, 11) is 1.84. The Kier molecular flexibility index (Phi) is 5.21. The van der Waals surface area contributed by atoms with E-state index in [9.17, 15) is 5.11 Å². The number of rotatable bonds is 7. The minimum atomic E-state index is -0.936. The van der Waals surface area contributed by atoms with Crippen LogP contribution in [-0.4, -0.2) is 27.5 Å². The minimum absolute atomic E-state index is 0.179. The van der Waals surface area contributed by atoms with Crippen LogP contribution in [-0.2, 0) is 19.2 Å². The van der Waals surface area contributed by atoms with Crippen LogP contribution in [0.2, 0.25) is 0 Å². The van der Waals surface area contributed by atoms with Gasteiger partial charge >= 0.3 is 0 Å². The van der Waals surface area contributed by atoms with Gasteiger partial charge in [0.05, 0.1) is 12.3 Å². The van der Waals surface area contributed by atoms with Gasteiger partial charge in [-0.05, 0) is 38.5 Å². The molecular formula is C17H25N3O2. The third-order valence-corrected chi connectivity index (χ3v) is 3.42. The summed E-state index contributed by atoms with van der Waals surface area (Å²) in [5, 5.41) is 17.9. The van der Waals surface area contributed by atoms with E-state index < -0.39 is 5.60 Å². The predicted octanol–water partition coefficient (Wildman–Crippen LogP) is 2.20. The lowest BCUT2D eigenvalue weighted by Crippen LogP contribution is -2.34. The van der Waals surface area contributed by atoms with Crippen LogP contribution in [0.25, 0.3) is 0 Å². The van der Waals surface area contributed by atoms with E-state index in [1.807, 2.05) is 51.4 Å². The van der Waals surface area contributed by atoms with Gasteiger partial charge in [-0.3, -0.25) is 4.68 Å². The van der Waals surface area contributed by atoms with Crippen LogP contribution >= 0.6 is 0 Å². The monoisotopic (exact) mass is 303 g/mol. The molecule has 120 valence electrons. The van der Waals surface area contributed by atoms with Gasteiger partial charge in [-0.25, -0.2) is 0 Å². The maximum Gasteiger partial charge on any atom is 0.119 e. The number of hydrogen-bond donors (Lipinski definition) is 2. The molecule has 0 fully saturated rings. The van der Waals surface area contributed by atoms with E-state index in [0.29, 0.717) is 13.1 Å². The average molecular weight is 303 g/mol. The summed E-state index contributed by atoms with van der Waals surface area (Å²) in [6, 6.07) is 8.00.